The number of carbonyl (C=O) groups is 3. The second-order valence-electron chi connectivity index (χ2n) is 9.25. The van der Waals surface area contributed by atoms with Crippen molar-refractivity contribution in [1.29, 1.82) is 5.26 Å². The van der Waals surface area contributed by atoms with Crippen LogP contribution in [0, 0.1) is 24.1 Å². The third-order valence-corrected chi connectivity index (χ3v) is 6.69. The van der Waals surface area contributed by atoms with Crippen LogP contribution in [0.3, 0.4) is 0 Å². The number of imide groups is 1. The molecule has 0 spiro atoms. The molecule has 37 heavy (non-hydrogen) atoms. The van der Waals surface area contributed by atoms with E-state index in [-0.39, 0.29) is 59.9 Å². The van der Waals surface area contributed by atoms with E-state index in [0.717, 1.165) is 23.1 Å². The molecule has 2 aliphatic heterocycles. The van der Waals surface area contributed by atoms with Crippen molar-refractivity contribution in [2.45, 2.75) is 38.6 Å². The number of aryl methyl sites for hydroxylation is 1. The first-order valence-electron chi connectivity index (χ1n) is 12.1. The standard InChI is InChI=1S/C26H25FN6O4/c1-16-10-19(15-37-16)25(35)33-24(29-13-17-4-6-20(27)7-5-17)21(12-28)23(30-33)18-11-22(34)32(14-18)26(36)31-8-2-3-9-31/h4-7,10,15,18,29H,2-3,8-9,11,13-14H2,1H3. The summed E-state index contributed by atoms with van der Waals surface area (Å²) in [4.78, 5) is 41.9. The molecule has 0 radical (unpaired) electrons. The van der Waals surface area contributed by atoms with E-state index in [1.807, 2.05) is 0 Å². The highest BCUT2D eigenvalue weighted by molar-refractivity contribution is 5.98. The van der Waals surface area contributed by atoms with Crippen molar-refractivity contribution in [1.82, 2.24) is 19.6 Å². The Balaban J connectivity index is 1.48. The summed E-state index contributed by atoms with van der Waals surface area (Å²) in [6, 6.07) is 9.18. The molecule has 1 atom stereocenters. The van der Waals surface area contributed by atoms with Crippen LogP contribution in [0.25, 0.3) is 0 Å². The number of rotatable bonds is 5. The van der Waals surface area contributed by atoms with Crippen LogP contribution in [-0.4, -0.2) is 57.1 Å². The van der Waals surface area contributed by atoms with Gasteiger partial charge in [0, 0.05) is 38.5 Å². The van der Waals surface area contributed by atoms with Crippen molar-refractivity contribution in [3.63, 3.8) is 0 Å². The number of anilines is 1. The first kappa shape index (κ1) is 24.2. The van der Waals surface area contributed by atoms with E-state index in [2.05, 4.69) is 16.5 Å². The van der Waals surface area contributed by atoms with E-state index in [4.69, 9.17) is 4.42 Å². The van der Waals surface area contributed by atoms with E-state index in [9.17, 15) is 24.0 Å². The number of hydrogen-bond donors (Lipinski definition) is 1. The summed E-state index contributed by atoms with van der Waals surface area (Å²) < 4.78 is 19.7. The van der Waals surface area contributed by atoms with Crippen molar-refractivity contribution in [3.05, 3.63) is 70.6 Å². The predicted octanol–water partition coefficient (Wildman–Crippen LogP) is 3.63. The number of nitrogens with zero attached hydrogens (tertiary/aromatic N) is 5. The number of likely N-dealkylation sites (tertiary alicyclic amines) is 2. The summed E-state index contributed by atoms with van der Waals surface area (Å²) in [5, 5.41) is 17.6. The maximum Gasteiger partial charge on any atom is 0.326 e. The quantitative estimate of drug-likeness (QED) is 0.563. The summed E-state index contributed by atoms with van der Waals surface area (Å²) in [6.07, 6.45) is 3.11. The number of urea groups is 1. The Labute approximate surface area is 212 Å². The van der Waals surface area contributed by atoms with Crippen molar-refractivity contribution in [2.75, 3.05) is 25.0 Å². The molecule has 2 aromatic heterocycles. The van der Waals surface area contributed by atoms with Crippen LogP contribution in [0.2, 0.25) is 0 Å². The topological polar surface area (TPSA) is 124 Å². The van der Waals surface area contributed by atoms with Gasteiger partial charge in [0.1, 0.15) is 29.5 Å². The summed E-state index contributed by atoms with van der Waals surface area (Å²) in [7, 11) is 0. The molecule has 5 rings (SSSR count). The number of furan rings is 1. The van der Waals surface area contributed by atoms with Crippen LogP contribution in [0.4, 0.5) is 15.0 Å². The highest BCUT2D eigenvalue weighted by Gasteiger charge is 2.40. The number of hydrogen-bond acceptors (Lipinski definition) is 7. The zero-order valence-electron chi connectivity index (χ0n) is 20.2. The lowest BCUT2D eigenvalue weighted by Crippen LogP contribution is -2.42. The second-order valence-corrected chi connectivity index (χ2v) is 9.25. The third-order valence-electron chi connectivity index (χ3n) is 6.69. The molecule has 2 aliphatic rings. The molecule has 1 N–H and O–H groups in total. The molecule has 2 fully saturated rings. The molecule has 4 heterocycles. The SMILES string of the molecule is Cc1cc(C(=O)n2nc(C3CC(=O)N(C(=O)N4CCCC4)C3)c(C#N)c2NCc2ccc(F)cc2)co1. The van der Waals surface area contributed by atoms with Crippen molar-refractivity contribution >= 4 is 23.7 Å². The van der Waals surface area contributed by atoms with Crippen LogP contribution < -0.4 is 5.32 Å². The zero-order chi connectivity index (χ0) is 26.1. The van der Waals surface area contributed by atoms with E-state index in [1.54, 1.807) is 30.0 Å². The average molecular weight is 505 g/mol. The van der Waals surface area contributed by atoms with Crippen LogP contribution in [0.15, 0.2) is 41.0 Å². The van der Waals surface area contributed by atoms with Gasteiger partial charge in [-0.3, -0.25) is 14.5 Å². The van der Waals surface area contributed by atoms with E-state index in [1.165, 1.54) is 23.3 Å². The summed E-state index contributed by atoms with van der Waals surface area (Å²) in [5.74, 6) is -1.08. The van der Waals surface area contributed by atoms with Gasteiger partial charge in [0.25, 0.3) is 5.91 Å². The lowest BCUT2D eigenvalue weighted by molar-refractivity contribution is -0.125. The van der Waals surface area contributed by atoms with Crippen molar-refractivity contribution < 1.29 is 23.2 Å². The molecular weight excluding hydrogens is 479 g/mol. The number of benzene rings is 1. The number of amides is 3. The minimum atomic E-state index is -0.541. The molecule has 3 amide bonds. The molecule has 11 heteroatoms. The Kier molecular flexibility index (Phi) is 6.48. The summed E-state index contributed by atoms with van der Waals surface area (Å²) in [5.41, 5.74) is 1.35. The van der Waals surface area contributed by atoms with Crippen molar-refractivity contribution in [2.24, 2.45) is 0 Å². The van der Waals surface area contributed by atoms with E-state index in [0.29, 0.717) is 18.8 Å². The number of carbonyl (C=O) groups excluding carboxylic acids is 3. The lowest BCUT2D eigenvalue weighted by Gasteiger charge is -2.22. The van der Waals surface area contributed by atoms with Gasteiger partial charge >= 0.3 is 6.03 Å². The smallest absolute Gasteiger partial charge is 0.326 e. The zero-order valence-corrected chi connectivity index (χ0v) is 20.2. The molecule has 1 aromatic carbocycles. The van der Waals surface area contributed by atoms with Gasteiger partial charge in [-0.15, -0.1) is 0 Å². The minimum absolute atomic E-state index is 0.00167. The molecule has 0 aliphatic carbocycles. The molecule has 0 saturated carbocycles. The molecule has 190 valence electrons. The van der Waals surface area contributed by atoms with Gasteiger partial charge in [-0.25, -0.2) is 9.18 Å². The first-order valence-corrected chi connectivity index (χ1v) is 12.1. The molecule has 2 saturated heterocycles. The normalized spacial score (nSPS) is 17.3. The molecule has 0 bridgehead atoms. The maximum absolute atomic E-state index is 13.3. The number of nitrogens with one attached hydrogen (secondary N) is 1. The monoisotopic (exact) mass is 504 g/mol. The van der Waals surface area contributed by atoms with Crippen LogP contribution in [0.1, 0.15) is 58.1 Å². The molecule has 3 aromatic rings. The van der Waals surface area contributed by atoms with Crippen LogP contribution in [0.5, 0.6) is 0 Å². The number of nitriles is 1. The Morgan fingerprint density at radius 3 is 2.62 bits per heavy atom. The van der Waals surface area contributed by atoms with E-state index < -0.39 is 11.8 Å². The lowest BCUT2D eigenvalue weighted by atomic mass is 10.0. The average Bonchev–Trinajstić information content (AvgIpc) is 3.69. The van der Waals surface area contributed by atoms with E-state index >= 15 is 0 Å². The Bertz CT molecular complexity index is 1400. The highest BCUT2D eigenvalue weighted by Crippen LogP contribution is 2.34. The van der Waals surface area contributed by atoms with Gasteiger partial charge in [-0.2, -0.15) is 15.0 Å². The van der Waals surface area contributed by atoms with Gasteiger partial charge in [0.05, 0.1) is 11.3 Å². The second kappa shape index (κ2) is 9.89. The van der Waals surface area contributed by atoms with Gasteiger partial charge < -0.3 is 14.6 Å². The fraction of sp³-hybridized carbons (Fsp3) is 0.346. The van der Waals surface area contributed by atoms with Gasteiger partial charge in [0.15, 0.2) is 5.82 Å². The number of aromatic nitrogens is 2. The Hall–Kier alpha value is -4.46. The fourth-order valence-corrected chi connectivity index (χ4v) is 4.76. The van der Waals surface area contributed by atoms with Crippen LogP contribution in [-0.2, 0) is 11.3 Å². The van der Waals surface area contributed by atoms with Gasteiger partial charge in [-0.05, 0) is 43.5 Å². The molecule has 1 unspecified atom stereocenters. The fourth-order valence-electron chi connectivity index (χ4n) is 4.76. The molecule has 10 nitrogen and oxygen atoms in total. The third kappa shape index (κ3) is 4.70. The van der Waals surface area contributed by atoms with Gasteiger partial charge in [-0.1, -0.05) is 12.1 Å². The summed E-state index contributed by atoms with van der Waals surface area (Å²) in [6.45, 7) is 3.20. The Morgan fingerprint density at radius 1 is 1.24 bits per heavy atom. The minimum Gasteiger partial charge on any atom is -0.469 e. The molecular formula is C26H25FN6O4. The van der Waals surface area contributed by atoms with Crippen LogP contribution >= 0.6 is 0 Å². The van der Waals surface area contributed by atoms with Gasteiger partial charge in [0.2, 0.25) is 5.91 Å². The number of halogens is 1. The predicted molar refractivity (Wildman–Crippen MR) is 129 cm³/mol. The Morgan fingerprint density at radius 2 is 1.97 bits per heavy atom. The summed E-state index contributed by atoms with van der Waals surface area (Å²) >= 11 is 0. The highest BCUT2D eigenvalue weighted by atomic mass is 19.1. The largest absolute Gasteiger partial charge is 0.469 e. The maximum atomic E-state index is 13.3. The first-order chi connectivity index (χ1) is 17.9. The van der Waals surface area contributed by atoms with Crippen molar-refractivity contribution in [3.8, 4) is 6.07 Å².